The standard InChI is InChI=1S/C17H23F3N2O2/c1-11(2)15(23)22-14(16(24)21-3)6-4-5-12-7-9-13(10-8-12)17(18,19)20/h7-11,14H,4-6H2,1-3H3,(H,21,24)(H,22,23). The summed E-state index contributed by atoms with van der Waals surface area (Å²) in [6.07, 6.45) is -2.83. The van der Waals surface area contributed by atoms with Gasteiger partial charge < -0.3 is 10.6 Å². The minimum absolute atomic E-state index is 0.210. The zero-order valence-electron chi connectivity index (χ0n) is 14.0. The van der Waals surface area contributed by atoms with E-state index in [1.54, 1.807) is 13.8 Å². The van der Waals surface area contributed by atoms with Gasteiger partial charge in [-0.2, -0.15) is 13.2 Å². The largest absolute Gasteiger partial charge is 0.416 e. The minimum atomic E-state index is -4.34. The minimum Gasteiger partial charge on any atom is -0.357 e. The van der Waals surface area contributed by atoms with E-state index in [1.165, 1.54) is 19.2 Å². The van der Waals surface area contributed by atoms with Gasteiger partial charge in [-0.3, -0.25) is 9.59 Å². The van der Waals surface area contributed by atoms with Crippen LogP contribution in [0, 0.1) is 5.92 Å². The number of alkyl halides is 3. The molecule has 1 unspecified atom stereocenters. The summed E-state index contributed by atoms with van der Waals surface area (Å²) in [5.74, 6) is -0.721. The summed E-state index contributed by atoms with van der Waals surface area (Å²) >= 11 is 0. The van der Waals surface area contributed by atoms with Crippen LogP contribution in [0.15, 0.2) is 24.3 Å². The second kappa shape index (κ2) is 8.70. The third-order valence-electron chi connectivity index (χ3n) is 3.64. The van der Waals surface area contributed by atoms with Gasteiger partial charge in [-0.15, -0.1) is 0 Å². The number of nitrogens with one attached hydrogen (secondary N) is 2. The lowest BCUT2D eigenvalue weighted by atomic mass is 10.0. The van der Waals surface area contributed by atoms with Crippen molar-refractivity contribution in [1.82, 2.24) is 10.6 Å². The van der Waals surface area contributed by atoms with Gasteiger partial charge in [0.1, 0.15) is 6.04 Å². The van der Waals surface area contributed by atoms with Crippen LogP contribution in [0.25, 0.3) is 0 Å². The first-order valence-electron chi connectivity index (χ1n) is 7.83. The average molecular weight is 344 g/mol. The van der Waals surface area contributed by atoms with Crippen LogP contribution >= 0.6 is 0 Å². The zero-order chi connectivity index (χ0) is 18.3. The molecule has 2 N–H and O–H groups in total. The van der Waals surface area contributed by atoms with Crippen molar-refractivity contribution in [2.24, 2.45) is 5.92 Å². The SMILES string of the molecule is CNC(=O)C(CCCc1ccc(C(F)(F)F)cc1)NC(=O)C(C)C. The van der Waals surface area contributed by atoms with Crippen molar-refractivity contribution in [1.29, 1.82) is 0 Å². The summed E-state index contributed by atoms with van der Waals surface area (Å²) in [6.45, 7) is 3.47. The molecule has 2 amide bonds. The molecule has 1 aromatic carbocycles. The molecule has 0 radical (unpaired) electrons. The fourth-order valence-electron chi connectivity index (χ4n) is 2.15. The first kappa shape index (κ1) is 20.0. The van der Waals surface area contributed by atoms with Gasteiger partial charge >= 0.3 is 6.18 Å². The molecule has 0 saturated carbocycles. The van der Waals surface area contributed by atoms with E-state index in [9.17, 15) is 22.8 Å². The van der Waals surface area contributed by atoms with Gasteiger partial charge in [-0.1, -0.05) is 26.0 Å². The maximum absolute atomic E-state index is 12.5. The molecule has 0 aliphatic carbocycles. The molecule has 1 atom stereocenters. The number of hydrogen-bond donors (Lipinski definition) is 2. The lowest BCUT2D eigenvalue weighted by Gasteiger charge is -2.18. The van der Waals surface area contributed by atoms with Crippen LogP contribution < -0.4 is 10.6 Å². The van der Waals surface area contributed by atoms with Gasteiger partial charge in [0.05, 0.1) is 5.56 Å². The van der Waals surface area contributed by atoms with Crippen molar-refractivity contribution >= 4 is 11.8 Å². The Morgan fingerprint density at radius 1 is 1.08 bits per heavy atom. The van der Waals surface area contributed by atoms with Gasteiger partial charge in [-0.05, 0) is 37.0 Å². The summed E-state index contributed by atoms with van der Waals surface area (Å²) < 4.78 is 37.5. The number of halogens is 3. The Morgan fingerprint density at radius 2 is 1.67 bits per heavy atom. The quantitative estimate of drug-likeness (QED) is 0.799. The van der Waals surface area contributed by atoms with E-state index in [4.69, 9.17) is 0 Å². The fraction of sp³-hybridized carbons (Fsp3) is 0.529. The summed E-state index contributed by atoms with van der Waals surface area (Å²) in [4.78, 5) is 23.6. The molecular formula is C17H23F3N2O2. The predicted molar refractivity (Wildman–Crippen MR) is 85.2 cm³/mol. The molecule has 24 heavy (non-hydrogen) atoms. The normalized spacial score (nSPS) is 12.8. The number of rotatable bonds is 7. The Labute approximate surface area is 139 Å². The van der Waals surface area contributed by atoms with Crippen molar-refractivity contribution in [3.05, 3.63) is 35.4 Å². The molecule has 0 spiro atoms. The van der Waals surface area contributed by atoms with E-state index in [-0.39, 0.29) is 17.7 Å². The molecule has 1 rings (SSSR count). The molecular weight excluding hydrogens is 321 g/mol. The highest BCUT2D eigenvalue weighted by Crippen LogP contribution is 2.29. The van der Waals surface area contributed by atoms with Gasteiger partial charge in [0.2, 0.25) is 11.8 Å². The third-order valence-corrected chi connectivity index (χ3v) is 3.64. The van der Waals surface area contributed by atoms with E-state index in [0.29, 0.717) is 19.3 Å². The van der Waals surface area contributed by atoms with E-state index >= 15 is 0 Å². The lowest BCUT2D eigenvalue weighted by Crippen LogP contribution is -2.47. The molecule has 0 bridgehead atoms. The van der Waals surface area contributed by atoms with Crippen LogP contribution in [0.2, 0.25) is 0 Å². The van der Waals surface area contributed by atoms with E-state index in [0.717, 1.165) is 17.7 Å². The molecule has 1 aromatic rings. The highest BCUT2D eigenvalue weighted by atomic mass is 19.4. The molecule has 0 fully saturated rings. The zero-order valence-corrected chi connectivity index (χ0v) is 14.0. The van der Waals surface area contributed by atoms with E-state index in [1.807, 2.05) is 0 Å². The number of hydrogen-bond acceptors (Lipinski definition) is 2. The lowest BCUT2D eigenvalue weighted by molar-refractivity contribution is -0.137. The van der Waals surface area contributed by atoms with Crippen molar-refractivity contribution in [2.75, 3.05) is 7.05 Å². The van der Waals surface area contributed by atoms with Crippen LogP contribution in [-0.4, -0.2) is 24.9 Å². The fourth-order valence-corrected chi connectivity index (χ4v) is 2.15. The van der Waals surface area contributed by atoms with Crippen molar-refractivity contribution in [3.63, 3.8) is 0 Å². The molecule has 0 aliphatic rings. The number of aryl methyl sites for hydroxylation is 1. The van der Waals surface area contributed by atoms with Crippen LogP contribution in [0.1, 0.15) is 37.8 Å². The number of amides is 2. The Morgan fingerprint density at radius 3 is 2.12 bits per heavy atom. The van der Waals surface area contributed by atoms with Crippen molar-refractivity contribution in [2.45, 2.75) is 45.3 Å². The van der Waals surface area contributed by atoms with Gasteiger partial charge in [0.15, 0.2) is 0 Å². The third kappa shape index (κ3) is 6.22. The van der Waals surface area contributed by atoms with Crippen LogP contribution in [0.3, 0.4) is 0 Å². The Kier molecular flexibility index (Phi) is 7.25. The van der Waals surface area contributed by atoms with Gasteiger partial charge in [0, 0.05) is 13.0 Å². The van der Waals surface area contributed by atoms with E-state index in [2.05, 4.69) is 10.6 Å². The average Bonchev–Trinajstić information content (AvgIpc) is 2.52. The first-order valence-corrected chi connectivity index (χ1v) is 7.83. The maximum atomic E-state index is 12.5. The summed E-state index contributed by atoms with van der Waals surface area (Å²) in [5, 5.41) is 5.19. The Hall–Kier alpha value is -2.05. The van der Waals surface area contributed by atoms with Gasteiger partial charge in [0.25, 0.3) is 0 Å². The van der Waals surface area contributed by atoms with Crippen LogP contribution in [0.5, 0.6) is 0 Å². The second-order valence-electron chi connectivity index (χ2n) is 5.92. The number of carbonyl (C=O) groups is 2. The second-order valence-corrected chi connectivity index (χ2v) is 5.92. The monoisotopic (exact) mass is 344 g/mol. The van der Waals surface area contributed by atoms with Crippen LogP contribution in [0.4, 0.5) is 13.2 Å². The number of carbonyl (C=O) groups excluding carboxylic acids is 2. The molecule has 0 aliphatic heterocycles. The smallest absolute Gasteiger partial charge is 0.357 e. The Bertz CT molecular complexity index is 554. The molecule has 0 heterocycles. The van der Waals surface area contributed by atoms with E-state index < -0.39 is 17.8 Å². The predicted octanol–water partition coefficient (Wildman–Crippen LogP) is 2.91. The number of likely N-dealkylation sites (N-methyl/N-ethyl adjacent to an activating group) is 1. The highest BCUT2D eigenvalue weighted by molar-refractivity contribution is 5.88. The molecule has 134 valence electrons. The Balaban J connectivity index is 2.58. The number of benzene rings is 1. The summed E-state index contributed by atoms with van der Waals surface area (Å²) in [7, 11) is 1.49. The van der Waals surface area contributed by atoms with Gasteiger partial charge in [-0.25, -0.2) is 0 Å². The first-order chi connectivity index (χ1) is 11.1. The van der Waals surface area contributed by atoms with Crippen molar-refractivity contribution < 1.29 is 22.8 Å². The topological polar surface area (TPSA) is 58.2 Å². The maximum Gasteiger partial charge on any atom is 0.416 e. The summed E-state index contributed by atoms with van der Waals surface area (Å²) in [5.41, 5.74) is 0.0764. The van der Waals surface area contributed by atoms with Crippen molar-refractivity contribution in [3.8, 4) is 0 Å². The molecule has 0 saturated heterocycles. The molecule has 7 heteroatoms. The van der Waals surface area contributed by atoms with Crippen LogP contribution in [-0.2, 0) is 22.2 Å². The summed E-state index contributed by atoms with van der Waals surface area (Å²) in [6, 6.07) is 4.33. The highest BCUT2D eigenvalue weighted by Gasteiger charge is 2.29. The molecule has 4 nitrogen and oxygen atoms in total. The molecule has 0 aromatic heterocycles.